The third kappa shape index (κ3) is 3.29. The lowest BCUT2D eigenvalue weighted by atomic mass is 9.96. The van der Waals surface area contributed by atoms with Crippen LogP contribution in [0, 0.1) is 5.82 Å². The number of aromatic nitrogens is 5. The van der Waals surface area contributed by atoms with Gasteiger partial charge in [-0.25, -0.2) is 19.3 Å². The van der Waals surface area contributed by atoms with Gasteiger partial charge in [0.1, 0.15) is 17.3 Å². The predicted octanol–water partition coefficient (Wildman–Crippen LogP) is 5.00. The Balaban J connectivity index is 1.49. The molecule has 1 aromatic carbocycles. The van der Waals surface area contributed by atoms with E-state index in [0.717, 1.165) is 70.1 Å². The fourth-order valence-corrected chi connectivity index (χ4v) is 5.38. The highest BCUT2D eigenvalue weighted by atomic mass is 19.1. The summed E-state index contributed by atoms with van der Waals surface area (Å²) >= 11 is 0. The number of H-pyrrole nitrogens is 1. The fourth-order valence-electron chi connectivity index (χ4n) is 5.38. The van der Waals surface area contributed by atoms with E-state index in [-0.39, 0.29) is 5.82 Å². The summed E-state index contributed by atoms with van der Waals surface area (Å²) in [5.41, 5.74) is 5.21. The molecule has 0 unspecified atom stereocenters. The molecule has 7 rings (SSSR count). The highest BCUT2D eigenvalue weighted by Gasteiger charge is 2.25. The summed E-state index contributed by atoms with van der Waals surface area (Å²) in [6.45, 7) is 1.98. The average Bonchev–Trinajstić information content (AvgIpc) is 3.25. The standard InChI is InChI=1S/C28H24FN7/c1-36(18-7-10-30-11-8-18)28-25-21(16-3-2-4-16)14-31-15-23(25)34-26(35-28)20-9-12-32-27-24(20)19-6-5-17(29)13-22(19)33-27/h2-6,9,12-15,18,30H,7-8,10-11H2,1H3,(H,32,33). The molecule has 2 aliphatic rings. The topological polar surface area (TPSA) is 82.6 Å². The summed E-state index contributed by atoms with van der Waals surface area (Å²) in [6, 6.07) is 7.06. The van der Waals surface area contributed by atoms with Gasteiger partial charge < -0.3 is 15.2 Å². The number of anilines is 1. The monoisotopic (exact) mass is 477 g/mol. The Morgan fingerprint density at radius 1 is 1.03 bits per heavy atom. The molecule has 7 nitrogen and oxygen atoms in total. The first-order valence-electron chi connectivity index (χ1n) is 12.2. The van der Waals surface area contributed by atoms with Crippen molar-refractivity contribution in [1.82, 2.24) is 30.2 Å². The lowest BCUT2D eigenvalue weighted by Crippen LogP contribution is -2.41. The maximum atomic E-state index is 13.9. The number of hydrogen-bond acceptors (Lipinski definition) is 6. The van der Waals surface area contributed by atoms with Crippen LogP contribution in [0.1, 0.15) is 18.4 Å². The van der Waals surface area contributed by atoms with Crippen LogP contribution in [-0.2, 0) is 0 Å². The first kappa shape index (κ1) is 21.1. The molecule has 5 aromatic rings. The van der Waals surface area contributed by atoms with E-state index in [1.807, 2.05) is 24.5 Å². The van der Waals surface area contributed by atoms with E-state index in [9.17, 15) is 4.39 Å². The Labute approximate surface area is 206 Å². The molecule has 0 atom stereocenters. The van der Waals surface area contributed by atoms with Crippen molar-refractivity contribution in [3.63, 3.8) is 0 Å². The summed E-state index contributed by atoms with van der Waals surface area (Å²) in [5, 5.41) is 6.24. The average molecular weight is 478 g/mol. The van der Waals surface area contributed by atoms with Crippen LogP contribution in [0.5, 0.6) is 0 Å². The Morgan fingerprint density at radius 3 is 2.69 bits per heavy atom. The van der Waals surface area contributed by atoms with E-state index in [1.54, 1.807) is 12.3 Å². The normalized spacial score (nSPS) is 16.0. The van der Waals surface area contributed by atoms with Crippen LogP contribution >= 0.6 is 0 Å². The number of rotatable bonds is 4. The van der Waals surface area contributed by atoms with Gasteiger partial charge in [0.15, 0.2) is 5.82 Å². The Kier molecular flexibility index (Phi) is 4.82. The molecule has 0 radical (unpaired) electrons. The van der Waals surface area contributed by atoms with Gasteiger partial charge in [0.05, 0.1) is 22.6 Å². The number of pyridine rings is 2. The van der Waals surface area contributed by atoms with Gasteiger partial charge in [-0.15, -0.1) is 0 Å². The lowest BCUT2D eigenvalue weighted by molar-refractivity contribution is 0.442. The van der Waals surface area contributed by atoms with Crippen molar-refractivity contribution in [3.05, 3.63) is 72.5 Å². The Hall–Kier alpha value is -4.17. The third-order valence-electron chi connectivity index (χ3n) is 7.34. The van der Waals surface area contributed by atoms with Crippen molar-refractivity contribution >= 4 is 44.2 Å². The van der Waals surface area contributed by atoms with Gasteiger partial charge in [-0.2, -0.15) is 0 Å². The minimum Gasteiger partial charge on any atom is -0.356 e. The van der Waals surface area contributed by atoms with Gasteiger partial charge in [0.25, 0.3) is 0 Å². The van der Waals surface area contributed by atoms with Crippen molar-refractivity contribution < 1.29 is 4.39 Å². The number of halogens is 1. The third-order valence-corrected chi connectivity index (χ3v) is 7.34. The maximum Gasteiger partial charge on any atom is 0.163 e. The van der Waals surface area contributed by atoms with Crippen molar-refractivity contribution in [2.45, 2.75) is 18.9 Å². The Bertz CT molecular complexity index is 1710. The fraction of sp³-hybridized carbons (Fsp3) is 0.214. The first-order chi connectivity index (χ1) is 17.7. The largest absolute Gasteiger partial charge is 0.356 e. The van der Waals surface area contributed by atoms with Crippen LogP contribution in [0.15, 0.2) is 61.1 Å². The van der Waals surface area contributed by atoms with Crippen molar-refractivity contribution in [1.29, 1.82) is 0 Å². The molecule has 1 aliphatic carbocycles. The van der Waals surface area contributed by atoms with Crippen molar-refractivity contribution in [2.75, 3.05) is 25.0 Å². The summed E-state index contributed by atoms with van der Waals surface area (Å²) in [6.07, 6.45) is 13.8. The summed E-state index contributed by atoms with van der Waals surface area (Å²) < 4.78 is 13.9. The highest BCUT2D eigenvalue weighted by Crippen LogP contribution is 2.38. The zero-order valence-electron chi connectivity index (χ0n) is 19.8. The zero-order chi connectivity index (χ0) is 24.2. The second-order valence-corrected chi connectivity index (χ2v) is 9.42. The van der Waals surface area contributed by atoms with E-state index in [2.05, 4.69) is 44.4 Å². The van der Waals surface area contributed by atoms with Crippen molar-refractivity contribution in [2.24, 2.45) is 0 Å². The molecule has 36 heavy (non-hydrogen) atoms. The van der Waals surface area contributed by atoms with Gasteiger partial charge in [-0.05, 0) is 55.8 Å². The van der Waals surface area contributed by atoms with Crippen LogP contribution < -0.4 is 10.2 Å². The Morgan fingerprint density at radius 2 is 1.89 bits per heavy atom. The summed E-state index contributed by atoms with van der Waals surface area (Å²) in [5.74, 6) is 1.21. The minimum atomic E-state index is -0.290. The van der Waals surface area contributed by atoms with E-state index in [4.69, 9.17) is 9.97 Å². The van der Waals surface area contributed by atoms with Crippen LogP contribution in [-0.4, -0.2) is 51.1 Å². The molecule has 1 fully saturated rings. The molecule has 0 spiro atoms. The number of hydrogen-bond donors (Lipinski definition) is 2. The van der Waals surface area contributed by atoms with Gasteiger partial charge >= 0.3 is 0 Å². The maximum absolute atomic E-state index is 13.9. The molecular weight excluding hydrogens is 453 g/mol. The number of piperidine rings is 1. The number of nitrogens with one attached hydrogen (secondary N) is 2. The molecule has 2 N–H and O–H groups in total. The lowest BCUT2D eigenvalue weighted by Gasteiger charge is -2.33. The smallest absolute Gasteiger partial charge is 0.163 e. The van der Waals surface area contributed by atoms with Crippen LogP contribution in [0.4, 0.5) is 10.2 Å². The molecule has 0 saturated carbocycles. The first-order valence-corrected chi connectivity index (χ1v) is 12.2. The van der Waals surface area contributed by atoms with Gasteiger partial charge in [0, 0.05) is 47.4 Å². The molecule has 4 aromatic heterocycles. The zero-order valence-corrected chi connectivity index (χ0v) is 19.8. The van der Waals surface area contributed by atoms with Crippen LogP contribution in [0.3, 0.4) is 0 Å². The SMILES string of the molecule is CN(c1nc(-c2ccnc3[nH]c4cc(F)ccc4c23)nc2cncc(C3=CC=C3)c12)C1CCNCC1. The van der Waals surface area contributed by atoms with Gasteiger partial charge in [-0.3, -0.25) is 4.98 Å². The molecule has 5 heterocycles. The molecule has 0 amide bonds. The highest BCUT2D eigenvalue weighted by molar-refractivity contribution is 6.13. The number of aromatic amines is 1. The van der Waals surface area contributed by atoms with Crippen LogP contribution in [0.2, 0.25) is 0 Å². The van der Waals surface area contributed by atoms with E-state index < -0.39 is 0 Å². The number of allylic oxidation sites excluding steroid dienone is 4. The minimum absolute atomic E-state index is 0.290. The summed E-state index contributed by atoms with van der Waals surface area (Å²) in [7, 11) is 2.13. The molecule has 1 saturated heterocycles. The van der Waals surface area contributed by atoms with E-state index >= 15 is 0 Å². The molecule has 0 bridgehead atoms. The van der Waals surface area contributed by atoms with Crippen LogP contribution in [0.25, 0.3) is 49.8 Å². The van der Waals surface area contributed by atoms with Crippen molar-refractivity contribution in [3.8, 4) is 11.4 Å². The van der Waals surface area contributed by atoms with Gasteiger partial charge in [-0.1, -0.05) is 18.2 Å². The quantitative estimate of drug-likeness (QED) is 0.379. The van der Waals surface area contributed by atoms with Gasteiger partial charge in [0.2, 0.25) is 0 Å². The second kappa shape index (κ2) is 8.20. The number of benzene rings is 1. The number of fused-ring (bicyclic) bond motifs is 4. The van der Waals surface area contributed by atoms with E-state index in [1.165, 1.54) is 12.1 Å². The molecular formula is C28H24FN7. The molecule has 178 valence electrons. The molecule has 8 heteroatoms. The van der Waals surface area contributed by atoms with E-state index in [0.29, 0.717) is 23.0 Å². The summed E-state index contributed by atoms with van der Waals surface area (Å²) in [4.78, 5) is 24.8. The number of nitrogens with zero attached hydrogens (tertiary/aromatic N) is 5. The second-order valence-electron chi connectivity index (χ2n) is 9.42. The predicted molar refractivity (Wildman–Crippen MR) is 141 cm³/mol. The molecule has 1 aliphatic heterocycles.